The van der Waals surface area contributed by atoms with Gasteiger partial charge < -0.3 is 5.32 Å². The first-order valence-electron chi connectivity index (χ1n) is 7.23. The van der Waals surface area contributed by atoms with Crippen LogP contribution in [-0.4, -0.2) is 25.6 Å². The van der Waals surface area contributed by atoms with Crippen LogP contribution in [0, 0.1) is 0 Å². The summed E-state index contributed by atoms with van der Waals surface area (Å²) >= 11 is 1.74. The average Bonchev–Trinajstić information content (AvgIpc) is 3.09. The molecule has 0 saturated carbocycles. The van der Waals surface area contributed by atoms with E-state index in [2.05, 4.69) is 57.1 Å². The van der Waals surface area contributed by atoms with E-state index < -0.39 is 0 Å². The quantitative estimate of drug-likeness (QED) is 0.760. The van der Waals surface area contributed by atoms with Crippen LogP contribution in [0.1, 0.15) is 31.5 Å². The average molecular weight is 301 g/mol. The number of thiophene rings is 1. The summed E-state index contributed by atoms with van der Waals surface area (Å²) in [4.78, 5) is 8.73. The van der Waals surface area contributed by atoms with Crippen LogP contribution in [0.15, 0.2) is 29.2 Å². The van der Waals surface area contributed by atoms with Gasteiger partial charge in [-0.05, 0) is 42.2 Å². The molecule has 21 heavy (non-hydrogen) atoms. The van der Waals surface area contributed by atoms with Gasteiger partial charge >= 0.3 is 0 Å². The fourth-order valence-electron chi connectivity index (χ4n) is 2.41. The van der Waals surface area contributed by atoms with Crippen molar-refractivity contribution in [2.45, 2.75) is 39.2 Å². The fourth-order valence-corrected chi connectivity index (χ4v) is 3.10. The minimum absolute atomic E-state index is 0.323. The molecule has 1 atom stereocenters. The highest BCUT2D eigenvalue weighted by molar-refractivity contribution is 7.07. The number of aryl methyl sites for hydroxylation is 1. The zero-order valence-corrected chi connectivity index (χ0v) is 13.1. The van der Waals surface area contributed by atoms with Gasteiger partial charge in [0.2, 0.25) is 0 Å². The van der Waals surface area contributed by atoms with E-state index in [1.165, 1.54) is 5.56 Å². The predicted octanol–water partition coefficient (Wildman–Crippen LogP) is 3.18. The van der Waals surface area contributed by atoms with Gasteiger partial charge in [0.05, 0.1) is 0 Å². The molecule has 0 saturated heterocycles. The molecule has 5 nitrogen and oxygen atoms in total. The highest BCUT2D eigenvalue weighted by Crippen LogP contribution is 2.15. The summed E-state index contributed by atoms with van der Waals surface area (Å²) < 4.78 is 1.77. The molecule has 0 aliphatic heterocycles. The third-order valence-corrected chi connectivity index (χ3v) is 4.06. The van der Waals surface area contributed by atoms with Crippen LogP contribution < -0.4 is 5.32 Å². The van der Waals surface area contributed by atoms with E-state index in [4.69, 9.17) is 0 Å². The maximum atomic E-state index is 4.52. The largest absolute Gasteiger partial charge is 0.367 e. The Morgan fingerprint density at radius 1 is 1.43 bits per heavy atom. The summed E-state index contributed by atoms with van der Waals surface area (Å²) in [5, 5.41) is 12.1. The van der Waals surface area contributed by atoms with Crippen molar-refractivity contribution in [3.05, 3.63) is 40.5 Å². The number of nitrogens with zero attached hydrogens (tertiary/aromatic N) is 4. The Hall–Kier alpha value is -1.95. The fraction of sp³-hybridized carbons (Fsp3) is 0.400. The maximum Gasteiger partial charge on any atom is 0.254 e. The molecule has 0 fully saturated rings. The number of hydrogen-bond donors (Lipinski definition) is 1. The molecule has 0 radical (unpaired) electrons. The molecule has 1 N–H and O–H groups in total. The van der Waals surface area contributed by atoms with Gasteiger partial charge in [0.15, 0.2) is 0 Å². The Labute approximate surface area is 128 Å². The summed E-state index contributed by atoms with van der Waals surface area (Å²) in [6.07, 6.45) is 4.57. The van der Waals surface area contributed by atoms with E-state index in [0.717, 1.165) is 30.8 Å². The van der Waals surface area contributed by atoms with Gasteiger partial charge in [-0.2, -0.15) is 25.9 Å². The van der Waals surface area contributed by atoms with Gasteiger partial charge in [-0.25, -0.2) is 4.98 Å². The van der Waals surface area contributed by atoms with E-state index in [0.29, 0.717) is 11.8 Å². The Balaban J connectivity index is 1.83. The molecule has 0 bridgehead atoms. The topological polar surface area (TPSA) is 55.1 Å². The van der Waals surface area contributed by atoms with Crippen molar-refractivity contribution in [1.29, 1.82) is 0 Å². The molecular formula is C15H19N5S. The van der Waals surface area contributed by atoms with Crippen LogP contribution >= 0.6 is 11.3 Å². The summed E-state index contributed by atoms with van der Waals surface area (Å²) in [6.45, 7) is 4.34. The van der Waals surface area contributed by atoms with E-state index in [9.17, 15) is 0 Å². The summed E-state index contributed by atoms with van der Waals surface area (Å²) in [5.41, 5.74) is 2.42. The van der Waals surface area contributed by atoms with Crippen LogP contribution in [-0.2, 0) is 12.8 Å². The number of fused-ring (bicyclic) bond motifs is 1. The van der Waals surface area contributed by atoms with Gasteiger partial charge in [-0.15, -0.1) is 0 Å². The summed E-state index contributed by atoms with van der Waals surface area (Å²) in [6, 6.07) is 4.57. The standard InChI is InChI=1S/C15H19N5S/c1-3-4-13-8-14(20-15(19-13)16-10-17-20)18-11(2)7-12-5-6-21-9-12/h5-6,8-11,18H,3-4,7H2,1-2H3/t11-/m1/s1. The Kier molecular flexibility index (Phi) is 4.15. The normalized spacial score (nSPS) is 12.7. The molecule has 3 rings (SSSR count). The van der Waals surface area contributed by atoms with Gasteiger partial charge in [-0.3, -0.25) is 0 Å². The zero-order valence-electron chi connectivity index (χ0n) is 12.3. The lowest BCUT2D eigenvalue weighted by atomic mass is 10.1. The monoisotopic (exact) mass is 301 g/mol. The first-order chi connectivity index (χ1) is 10.3. The van der Waals surface area contributed by atoms with Crippen LogP contribution in [0.2, 0.25) is 0 Å². The highest BCUT2D eigenvalue weighted by atomic mass is 32.1. The maximum absolute atomic E-state index is 4.52. The van der Waals surface area contributed by atoms with Crippen molar-refractivity contribution < 1.29 is 0 Å². The number of aromatic nitrogens is 4. The van der Waals surface area contributed by atoms with Crippen molar-refractivity contribution in [3.63, 3.8) is 0 Å². The van der Waals surface area contributed by atoms with Crippen molar-refractivity contribution in [1.82, 2.24) is 19.6 Å². The van der Waals surface area contributed by atoms with E-state index in [1.807, 2.05) is 0 Å². The van der Waals surface area contributed by atoms with Gasteiger partial charge in [0.25, 0.3) is 5.78 Å². The molecule has 3 aromatic rings. The molecule has 3 aromatic heterocycles. The first kappa shape index (κ1) is 14.0. The Bertz CT molecular complexity index is 704. The highest BCUT2D eigenvalue weighted by Gasteiger charge is 2.10. The molecule has 0 aliphatic rings. The Morgan fingerprint density at radius 3 is 3.10 bits per heavy atom. The molecule has 6 heteroatoms. The first-order valence-corrected chi connectivity index (χ1v) is 8.18. The van der Waals surface area contributed by atoms with Crippen LogP contribution in [0.3, 0.4) is 0 Å². The number of nitrogens with one attached hydrogen (secondary N) is 1. The molecule has 0 unspecified atom stereocenters. The molecule has 0 spiro atoms. The van der Waals surface area contributed by atoms with E-state index in [1.54, 1.807) is 22.2 Å². The molecular weight excluding hydrogens is 282 g/mol. The molecule has 0 aromatic carbocycles. The van der Waals surface area contributed by atoms with Gasteiger partial charge in [0.1, 0.15) is 12.1 Å². The van der Waals surface area contributed by atoms with Gasteiger partial charge in [-0.1, -0.05) is 13.3 Å². The Morgan fingerprint density at radius 2 is 2.33 bits per heavy atom. The minimum Gasteiger partial charge on any atom is -0.367 e. The van der Waals surface area contributed by atoms with Crippen molar-refractivity contribution >= 4 is 22.9 Å². The number of anilines is 1. The van der Waals surface area contributed by atoms with E-state index in [-0.39, 0.29) is 0 Å². The number of rotatable bonds is 6. The summed E-state index contributed by atoms with van der Waals surface area (Å²) in [5.74, 6) is 1.62. The van der Waals surface area contributed by atoms with Crippen LogP contribution in [0.4, 0.5) is 5.82 Å². The SMILES string of the molecule is CCCc1cc(N[C@H](C)Cc2ccsc2)n2ncnc2n1. The summed E-state index contributed by atoms with van der Waals surface area (Å²) in [7, 11) is 0. The van der Waals surface area contributed by atoms with Crippen molar-refractivity contribution in [2.75, 3.05) is 5.32 Å². The third-order valence-electron chi connectivity index (χ3n) is 3.33. The molecule has 0 aliphatic carbocycles. The molecule has 3 heterocycles. The smallest absolute Gasteiger partial charge is 0.254 e. The second-order valence-electron chi connectivity index (χ2n) is 5.24. The number of hydrogen-bond acceptors (Lipinski definition) is 5. The lowest BCUT2D eigenvalue weighted by molar-refractivity contribution is 0.768. The third kappa shape index (κ3) is 3.21. The second kappa shape index (κ2) is 6.22. The van der Waals surface area contributed by atoms with Gasteiger partial charge in [0, 0.05) is 17.8 Å². The lowest BCUT2D eigenvalue weighted by Crippen LogP contribution is -2.20. The zero-order chi connectivity index (χ0) is 14.7. The molecule has 0 amide bonds. The van der Waals surface area contributed by atoms with Crippen molar-refractivity contribution in [3.8, 4) is 0 Å². The minimum atomic E-state index is 0.323. The lowest BCUT2D eigenvalue weighted by Gasteiger charge is -2.16. The van der Waals surface area contributed by atoms with E-state index >= 15 is 0 Å². The van der Waals surface area contributed by atoms with Crippen molar-refractivity contribution in [2.24, 2.45) is 0 Å². The van der Waals surface area contributed by atoms with Crippen LogP contribution in [0.25, 0.3) is 5.78 Å². The molecule has 110 valence electrons. The predicted molar refractivity (Wildman–Crippen MR) is 85.9 cm³/mol. The van der Waals surface area contributed by atoms with Crippen LogP contribution in [0.5, 0.6) is 0 Å². The second-order valence-corrected chi connectivity index (χ2v) is 6.02.